The van der Waals surface area contributed by atoms with Gasteiger partial charge in [0.05, 0.1) is 16.6 Å². The Hall–Kier alpha value is -1.88. The largest absolute Gasteiger partial charge is 0.463 e. The predicted molar refractivity (Wildman–Crippen MR) is 63.8 cm³/mol. The minimum Gasteiger partial charge on any atom is -0.463 e. The molecule has 1 aromatic carbocycles. The summed E-state index contributed by atoms with van der Waals surface area (Å²) < 4.78 is 4.69. The average molecular weight is 256 g/mol. The maximum Gasteiger partial charge on any atom is 0.330 e. The number of halogens is 1. The van der Waals surface area contributed by atoms with Crippen LogP contribution in [0, 0.1) is 10.1 Å². The first-order valence-corrected chi connectivity index (χ1v) is 5.21. The van der Waals surface area contributed by atoms with E-state index in [2.05, 4.69) is 4.74 Å². The number of carbonyl (C=O) groups is 1. The molecule has 90 valence electrons. The number of nitro groups is 1. The molecule has 0 atom stereocenters. The minimum absolute atomic E-state index is 0.0942. The van der Waals surface area contributed by atoms with Crippen molar-refractivity contribution >= 4 is 29.3 Å². The van der Waals surface area contributed by atoms with Gasteiger partial charge in [-0.25, -0.2) is 4.79 Å². The van der Waals surface area contributed by atoms with E-state index in [1.165, 1.54) is 30.4 Å². The molecule has 0 amide bonds. The number of hydrogen-bond acceptors (Lipinski definition) is 4. The van der Waals surface area contributed by atoms with E-state index >= 15 is 0 Å². The van der Waals surface area contributed by atoms with Gasteiger partial charge in [0.15, 0.2) is 0 Å². The van der Waals surface area contributed by atoms with Gasteiger partial charge in [-0.3, -0.25) is 10.1 Å². The fourth-order valence-electron chi connectivity index (χ4n) is 1.11. The van der Waals surface area contributed by atoms with E-state index in [-0.39, 0.29) is 17.3 Å². The number of non-ortho nitro benzene ring substituents is 1. The molecule has 0 aliphatic carbocycles. The lowest BCUT2D eigenvalue weighted by Crippen LogP contribution is -1.98. The van der Waals surface area contributed by atoms with Crippen LogP contribution in [0.3, 0.4) is 0 Å². The first kappa shape index (κ1) is 13.2. The highest BCUT2D eigenvalue weighted by Crippen LogP contribution is 2.23. The van der Waals surface area contributed by atoms with Crippen molar-refractivity contribution in [3.05, 3.63) is 45.0 Å². The van der Waals surface area contributed by atoms with Crippen LogP contribution in [-0.4, -0.2) is 17.5 Å². The number of hydrogen-bond donors (Lipinski definition) is 0. The lowest BCUT2D eigenvalue weighted by atomic mass is 10.2. The van der Waals surface area contributed by atoms with Crippen LogP contribution in [0.25, 0.3) is 6.08 Å². The monoisotopic (exact) mass is 255 g/mol. The van der Waals surface area contributed by atoms with Gasteiger partial charge < -0.3 is 4.74 Å². The Bertz CT molecular complexity index is 471. The number of carbonyl (C=O) groups excluding carboxylic acids is 1. The Labute approximate surface area is 103 Å². The third-order valence-electron chi connectivity index (χ3n) is 1.88. The molecule has 5 nitrogen and oxygen atoms in total. The van der Waals surface area contributed by atoms with E-state index in [4.69, 9.17) is 11.6 Å². The van der Waals surface area contributed by atoms with Gasteiger partial charge in [-0.15, -0.1) is 0 Å². The van der Waals surface area contributed by atoms with Crippen molar-refractivity contribution in [2.75, 3.05) is 6.61 Å². The molecule has 0 saturated carbocycles. The summed E-state index contributed by atoms with van der Waals surface area (Å²) >= 11 is 5.83. The van der Waals surface area contributed by atoms with E-state index in [9.17, 15) is 14.9 Å². The highest BCUT2D eigenvalue weighted by Gasteiger charge is 2.07. The first-order chi connectivity index (χ1) is 8.04. The maximum atomic E-state index is 11.0. The SMILES string of the molecule is CCOC(=O)C=Cc1ccc([N+](=O)[O-])cc1Cl. The van der Waals surface area contributed by atoms with Crippen molar-refractivity contribution in [3.8, 4) is 0 Å². The van der Waals surface area contributed by atoms with Crippen molar-refractivity contribution in [2.24, 2.45) is 0 Å². The quantitative estimate of drug-likeness (QED) is 0.359. The van der Waals surface area contributed by atoms with Gasteiger partial charge in [-0.1, -0.05) is 11.6 Å². The summed E-state index contributed by atoms with van der Waals surface area (Å²) in [5.41, 5.74) is 0.425. The van der Waals surface area contributed by atoms with Gasteiger partial charge in [-0.05, 0) is 24.6 Å². The second-order valence-corrected chi connectivity index (χ2v) is 3.46. The van der Waals surface area contributed by atoms with Crippen LogP contribution in [0.4, 0.5) is 5.69 Å². The second kappa shape index (κ2) is 6.00. The van der Waals surface area contributed by atoms with E-state index in [1.807, 2.05) is 0 Å². The van der Waals surface area contributed by atoms with E-state index in [0.717, 1.165) is 0 Å². The summed E-state index contributed by atoms with van der Waals surface area (Å²) in [4.78, 5) is 21.0. The Morgan fingerprint density at radius 1 is 1.59 bits per heavy atom. The van der Waals surface area contributed by atoms with Crippen LogP contribution in [0.15, 0.2) is 24.3 Å². The number of rotatable bonds is 4. The van der Waals surface area contributed by atoms with E-state index in [0.29, 0.717) is 5.56 Å². The molecular weight excluding hydrogens is 246 g/mol. The number of ether oxygens (including phenoxy) is 1. The molecular formula is C11H10ClNO4. The number of benzene rings is 1. The second-order valence-electron chi connectivity index (χ2n) is 3.05. The van der Waals surface area contributed by atoms with Crippen molar-refractivity contribution < 1.29 is 14.5 Å². The molecule has 0 fully saturated rings. The molecule has 1 aromatic rings. The molecule has 17 heavy (non-hydrogen) atoms. The molecule has 0 N–H and O–H groups in total. The third kappa shape index (κ3) is 3.88. The van der Waals surface area contributed by atoms with Gasteiger partial charge in [0.2, 0.25) is 0 Å². The van der Waals surface area contributed by atoms with Crippen LogP contribution in [-0.2, 0) is 9.53 Å². The molecule has 0 heterocycles. The molecule has 0 radical (unpaired) electrons. The summed E-state index contributed by atoms with van der Waals surface area (Å²) in [6.07, 6.45) is 2.67. The van der Waals surface area contributed by atoms with Crippen molar-refractivity contribution in [3.63, 3.8) is 0 Å². The molecule has 6 heteroatoms. The van der Waals surface area contributed by atoms with Crippen molar-refractivity contribution in [2.45, 2.75) is 6.92 Å². The zero-order valence-electron chi connectivity index (χ0n) is 9.05. The summed E-state index contributed by atoms with van der Waals surface area (Å²) in [5, 5.41) is 10.7. The number of nitro benzene ring substituents is 1. The van der Waals surface area contributed by atoms with Crippen LogP contribution in [0.1, 0.15) is 12.5 Å². The van der Waals surface area contributed by atoms with Crippen LogP contribution in [0.2, 0.25) is 5.02 Å². The first-order valence-electron chi connectivity index (χ1n) is 4.83. The van der Waals surface area contributed by atoms with Gasteiger partial charge in [0.1, 0.15) is 0 Å². The Morgan fingerprint density at radius 2 is 2.29 bits per heavy atom. The predicted octanol–water partition coefficient (Wildman–Crippen LogP) is 2.82. The number of esters is 1. The highest BCUT2D eigenvalue weighted by atomic mass is 35.5. The highest BCUT2D eigenvalue weighted by molar-refractivity contribution is 6.32. The molecule has 0 saturated heterocycles. The van der Waals surface area contributed by atoms with Crippen LogP contribution in [0.5, 0.6) is 0 Å². The average Bonchev–Trinajstić information content (AvgIpc) is 2.27. The molecule has 0 aliphatic heterocycles. The maximum absolute atomic E-state index is 11.0. The molecule has 0 spiro atoms. The molecule has 0 aromatic heterocycles. The number of nitrogens with zero attached hydrogens (tertiary/aromatic N) is 1. The fraction of sp³-hybridized carbons (Fsp3) is 0.182. The molecule has 1 rings (SSSR count). The molecule has 0 unspecified atom stereocenters. The Morgan fingerprint density at radius 3 is 2.82 bits per heavy atom. The Kier molecular flexibility index (Phi) is 4.66. The van der Waals surface area contributed by atoms with Gasteiger partial charge in [0.25, 0.3) is 5.69 Å². The van der Waals surface area contributed by atoms with Gasteiger partial charge in [-0.2, -0.15) is 0 Å². The third-order valence-corrected chi connectivity index (χ3v) is 2.21. The lowest BCUT2D eigenvalue weighted by Gasteiger charge is -1.98. The Balaban J connectivity index is 2.86. The summed E-state index contributed by atoms with van der Waals surface area (Å²) in [6.45, 7) is 1.99. The summed E-state index contributed by atoms with van der Waals surface area (Å²) in [7, 11) is 0. The van der Waals surface area contributed by atoms with Gasteiger partial charge in [0, 0.05) is 18.2 Å². The molecule has 0 bridgehead atoms. The van der Waals surface area contributed by atoms with E-state index in [1.54, 1.807) is 6.92 Å². The topological polar surface area (TPSA) is 69.4 Å². The zero-order valence-corrected chi connectivity index (χ0v) is 9.81. The lowest BCUT2D eigenvalue weighted by molar-refractivity contribution is -0.384. The standard InChI is InChI=1S/C11H10ClNO4/c1-2-17-11(14)6-4-8-3-5-9(13(15)16)7-10(8)12/h3-7H,2H2,1H3. The summed E-state index contributed by atoms with van der Waals surface area (Å²) in [6, 6.07) is 4.01. The van der Waals surface area contributed by atoms with Crippen molar-refractivity contribution in [1.82, 2.24) is 0 Å². The normalized spacial score (nSPS) is 10.5. The minimum atomic E-state index is -0.537. The summed E-state index contributed by atoms with van der Waals surface area (Å²) in [5.74, 6) is -0.484. The zero-order chi connectivity index (χ0) is 12.8. The van der Waals surface area contributed by atoms with Crippen LogP contribution >= 0.6 is 11.6 Å². The van der Waals surface area contributed by atoms with Gasteiger partial charge >= 0.3 is 5.97 Å². The smallest absolute Gasteiger partial charge is 0.330 e. The van der Waals surface area contributed by atoms with E-state index < -0.39 is 10.9 Å². The molecule has 0 aliphatic rings. The van der Waals surface area contributed by atoms with Crippen LogP contribution < -0.4 is 0 Å². The fourth-order valence-corrected chi connectivity index (χ4v) is 1.35. The van der Waals surface area contributed by atoms with Crippen molar-refractivity contribution in [1.29, 1.82) is 0 Å².